The number of hydrogen-bond acceptors (Lipinski definition) is 3. The van der Waals surface area contributed by atoms with E-state index in [9.17, 15) is 4.79 Å². The van der Waals surface area contributed by atoms with Crippen molar-refractivity contribution in [3.63, 3.8) is 0 Å². The molecule has 1 aliphatic carbocycles. The summed E-state index contributed by atoms with van der Waals surface area (Å²) in [4.78, 5) is 12.8. The Balaban J connectivity index is 2.17. The van der Waals surface area contributed by atoms with Crippen LogP contribution in [0.5, 0.6) is 0 Å². The fourth-order valence-corrected chi connectivity index (χ4v) is 3.06. The second-order valence-corrected chi connectivity index (χ2v) is 5.84. The van der Waals surface area contributed by atoms with E-state index in [0.29, 0.717) is 16.9 Å². The third-order valence-corrected chi connectivity index (χ3v) is 4.25. The van der Waals surface area contributed by atoms with Crippen LogP contribution in [0.3, 0.4) is 0 Å². The van der Waals surface area contributed by atoms with Gasteiger partial charge in [-0.25, -0.2) is 0 Å². The molecule has 0 saturated heterocycles. The molecular weight excluding hydrogens is 274 g/mol. The molecule has 1 heterocycles. The highest BCUT2D eigenvalue weighted by molar-refractivity contribution is 6.01. The van der Waals surface area contributed by atoms with E-state index < -0.39 is 0 Å². The highest BCUT2D eigenvalue weighted by Gasteiger charge is 2.29. The van der Waals surface area contributed by atoms with Gasteiger partial charge in [-0.05, 0) is 35.9 Å². The molecule has 4 rings (SSSR count). The lowest BCUT2D eigenvalue weighted by molar-refractivity contribution is 0.727. The average molecular weight is 291 g/mol. The molecule has 1 aromatic heterocycles. The van der Waals surface area contributed by atoms with Crippen molar-refractivity contribution in [2.24, 2.45) is 0 Å². The molecule has 0 spiro atoms. The molecule has 1 fully saturated rings. The zero-order chi connectivity index (χ0) is 15.3. The number of fused-ring (bicyclic) bond motifs is 1. The summed E-state index contributed by atoms with van der Waals surface area (Å²) in [5.41, 5.74) is 14.8. The van der Waals surface area contributed by atoms with Gasteiger partial charge in [-0.1, -0.05) is 36.4 Å². The summed E-state index contributed by atoms with van der Waals surface area (Å²) < 4.78 is 1.74. The summed E-state index contributed by atoms with van der Waals surface area (Å²) in [5.74, 6) is 0.552. The molecule has 1 saturated carbocycles. The fraction of sp³-hybridized carbons (Fsp3) is 0.167. The van der Waals surface area contributed by atoms with Crippen LogP contribution < -0.4 is 17.0 Å². The Morgan fingerprint density at radius 1 is 0.955 bits per heavy atom. The molecule has 1 aliphatic rings. The van der Waals surface area contributed by atoms with Crippen molar-refractivity contribution in [3.05, 3.63) is 58.9 Å². The van der Waals surface area contributed by atoms with Gasteiger partial charge in [-0.3, -0.25) is 9.36 Å². The van der Waals surface area contributed by atoms with Crippen molar-refractivity contribution < 1.29 is 0 Å². The zero-order valence-electron chi connectivity index (χ0n) is 12.1. The molecular formula is C18H17N3O. The molecule has 0 unspecified atom stereocenters. The number of rotatable bonds is 2. The van der Waals surface area contributed by atoms with Gasteiger partial charge in [0.05, 0.1) is 0 Å². The van der Waals surface area contributed by atoms with Crippen molar-refractivity contribution in [3.8, 4) is 11.1 Å². The molecule has 110 valence electrons. The maximum atomic E-state index is 12.8. The topological polar surface area (TPSA) is 74.0 Å². The predicted molar refractivity (Wildman–Crippen MR) is 90.7 cm³/mol. The van der Waals surface area contributed by atoms with E-state index in [4.69, 9.17) is 11.5 Å². The van der Waals surface area contributed by atoms with Crippen LogP contribution in [0, 0.1) is 0 Å². The van der Waals surface area contributed by atoms with Crippen LogP contribution in [0.1, 0.15) is 18.9 Å². The van der Waals surface area contributed by atoms with Crippen LogP contribution in [0.2, 0.25) is 0 Å². The van der Waals surface area contributed by atoms with Crippen LogP contribution in [-0.4, -0.2) is 4.57 Å². The minimum absolute atomic E-state index is 0.0398. The first-order chi connectivity index (χ1) is 10.7. The van der Waals surface area contributed by atoms with Gasteiger partial charge in [0.1, 0.15) is 5.82 Å². The van der Waals surface area contributed by atoms with E-state index in [1.54, 1.807) is 10.6 Å². The quantitative estimate of drug-likeness (QED) is 0.712. The van der Waals surface area contributed by atoms with Crippen molar-refractivity contribution in [1.29, 1.82) is 0 Å². The first-order valence-corrected chi connectivity index (χ1v) is 7.45. The van der Waals surface area contributed by atoms with E-state index in [0.717, 1.165) is 29.4 Å². The van der Waals surface area contributed by atoms with E-state index in [2.05, 4.69) is 0 Å². The number of benzene rings is 2. The fourth-order valence-electron chi connectivity index (χ4n) is 3.06. The van der Waals surface area contributed by atoms with Gasteiger partial charge in [-0.15, -0.1) is 0 Å². The van der Waals surface area contributed by atoms with Gasteiger partial charge in [0.25, 0.3) is 5.56 Å². The monoisotopic (exact) mass is 291 g/mol. The van der Waals surface area contributed by atoms with Crippen LogP contribution in [0.15, 0.2) is 53.3 Å². The Labute approximate surface area is 128 Å². The average Bonchev–Trinajstić information content (AvgIpc) is 3.34. The molecule has 0 atom stereocenters. The third kappa shape index (κ3) is 1.88. The summed E-state index contributed by atoms with van der Waals surface area (Å²) in [7, 11) is 0. The molecule has 2 aromatic carbocycles. The van der Waals surface area contributed by atoms with Crippen LogP contribution in [0.4, 0.5) is 11.5 Å². The highest BCUT2D eigenvalue weighted by atomic mass is 16.1. The Bertz CT molecular complexity index is 924. The minimum Gasteiger partial charge on any atom is -0.399 e. The molecule has 0 aliphatic heterocycles. The molecule has 22 heavy (non-hydrogen) atoms. The van der Waals surface area contributed by atoms with E-state index in [1.807, 2.05) is 42.5 Å². The van der Waals surface area contributed by atoms with Gasteiger partial charge >= 0.3 is 0 Å². The lowest BCUT2D eigenvalue weighted by atomic mass is 9.99. The highest BCUT2D eigenvalue weighted by Crippen LogP contribution is 2.40. The number of nitrogen functional groups attached to an aromatic ring is 2. The number of nitrogens with zero attached hydrogens (tertiary/aromatic N) is 1. The SMILES string of the molecule is Nc1ccc2c(-c3ccccc3)c(N)n(C3CC3)c(=O)c2c1. The van der Waals surface area contributed by atoms with Crippen LogP contribution >= 0.6 is 0 Å². The number of anilines is 2. The summed E-state index contributed by atoms with van der Waals surface area (Å²) >= 11 is 0. The number of hydrogen-bond donors (Lipinski definition) is 2. The summed E-state index contributed by atoms with van der Waals surface area (Å²) in [6.45, 7) is 0. The van der Waals surface area contributed by atoms with Gasteiger partial charge < -0.3 is 11.5 Å². The van der Waals surface area contributed by atoms with E-state index in [-0.39, 0.29) is 11.6 Å². The molecule has 3 aromatic rings. The standard InChI is InChI=1S/C18H17N3O/c19-12-6-9-14-15(10-12)18(22)21(13-7-8-13)17(20)16(14)11-4-2-1-3-5-11/h1-6,9-10,13H,7-8,19-20H2. The number of pyridine rings is 1. The van der Waals surface area contributed by atoms with Crippen molar-refractivity contribution in [2.45, 2.75) is 18.9 Å². The molecule has 0 amide bonds. The summed E-state index contributed by atoms with van der Waals surface area (Å²) in [5, 5.41) is 1.50. The number of aromatic nitrogens is 1. The summed E-state index contributed by atoms with van der Waals surface area (Å²) in [6.07, 6.45) is 2.01. The normalized spacial score (nSPS) is 14.4. The Morgan fingerprint density at radius 2 is 1.68 bits per heavy atom. The first-order valence-electron chi connectivity index (χ1n) is 7.45. The number of nitrogens with two attached hydrogens (primary N) is 2. The maximum absolute atomic E-state index is 12.8. The lowest BCUT2D eigenvalue weighted by Crippen LogP contribution is -2.23. The minimum atomic E-state index is -0.0398. The second-order valence-electron chi connectivity index (χ2n) is 5.84. The van der Waals surface area contributed by atoms with Crippen molar-refractivity contribution in [2.75, 3.05) is 11.5 Å². The van der Waals surface area contributed by atoms with E-state index >= 15 is 0 Å². The lowest BCUT2D eigenvalue weighted by Gasteiger charge is -2.17. The maximum Gasteiger partial charge on any atom is 0.260 e. The van der Waals surface area contributed by atoms with Crippen molar-refractivity contribution in [1.82, 2.24) is 4.57 Å². The van der Waals surface area contributed by atoms with E-state index in [1.165, 1.54) is 0 Å². The zero-order valence-corrected chi connectivity index (χ0v) is 12.1. The molecule has 4 heteroatoms. The van der Waals surface area contributed by atoms with Crippen LogP contribution in [0.25, 0.3) is 21.9 Å². The van der Waals surface area contributed by atoms with Crippen LogP contribution in [-0.2, 0) is 0 Å². The second kappa shape index (κ2) is 4.63. The molecule has 4 nitrogen and oxygen atoms in total. The smallest absolute Gasteiger partial charge is 0.260 e. The third-order valence-electron chi connectivity index (χ3n) is 4.25. The largest absolute Gasteiger partial charge is 0.399 e. The van der Waals surface area contributed by atoms with Gasteiger partial charge in [-0.2, -0.15) is 0 Å². The van der Waals surface area contributed by atoms with Gasteiger partial charge in [0.15, 0.2) is 0 Å². The van der Waals surface area contributed by atoms with Gasteiger partial charge in [0.2, 0.25) is 0 Å². The Kier molecular flexibility index (Phi) is 2.73. The molecule has 4 N–H and O–H groups in total. The predicted octanol–water partition coefficient (Wildman–Crippen LogP) is 3.17. The molecule has 0 bridgehead atoms. The molecule has 0 radical (unpaired) electrons. The summed E-state index contributed by atoms with van der Waals surface area (Å²) in [6, 6.07) is 15.6. The van der Waals surface area contributed by atoms with Crippen molar-refractivity contribution >= 4 is 22.3 Å². The first kappa shape index (κ1) is 13.0. The Morgan fingerprint density at radius 3 is 2.36 bits per heavy atom. The Hall–Kier alpha value is -2.75. The van der Waals surface area contributed by atoms with Gasteiger partial charge in [0, 0.05) is 22.7 Å².